The number of benzene rings is 1. The van der Waals surface area contributed by atoms with Gasteiger partial charge in [0.25, 0.3) is 0 Å². The molecule has 5 heteroatoms. The lowest BCUT2D eigenvalue weighted by atomic mass is 10.1. The first-order valence-electron chi connectivity index (χ1n) is 7.80. The second-order valence-electron chi connectivity index (χ2n) is 5.88. The molecular weight excluding hydrogens is 274 g/mol. The average molecular weight is 293 g/mol. The van der Waals surface area contributed by atoms with Crippen LogP contribution in [0.4, 0.5) is 5.82 Å². The molecule has 3 aromatic rings. The molecule has 0 N–H and O–H groups in total. The molecule has 5 nitrogen and oxygen atoms in total. The fraction of sp³-hybridized carbons (Fsp3) is 0.353. The van der Waals surface area contributed by atoms with E-state index in [0.717, 1.165) is 40.9 Å². The zero-order valence-corrected chi connectivity index (χ0v) is 12.7. The SMILES string of the molecule is Cn1cc(-c2ccc3c(N4CCCCC4)ncnc3c2)cn1. The van der Waals surface area contributed by atoms with Gasteiger partial charge in [0.1, 0.15) is 12.1 Å². The lowest BCUT2D eigenvalue weighted by Gasteiger charge is -2.28. The van der Waals surface area contributed by atoms with Gasteiger partial charge in [0.05, 0.1) is 11.7 Å². The van der Waals surface area contributed by atoms with Crippen molar-refractivity contribution in [3.8, 4) is 11.1 Å². The second-order valence-corrected chi connectivity index (χ2v) is 5.88. The molecular formula is C17H19N5. The minimum atomic E-state index is 0.997. The summed E-state index contributed by atoms with van der Waals surface area (Å²) < 4.78 is 1.82. The van der Waals surface area contributed by atoms with Crippen LogP contribution in [0.5, 0.6) is 0 Å². The van der Waals surface area contributed by atoms with Crippen LogP contribution in [0.2, 0.25) is 0 Å². The van der Waals surface area contributed by atoms with Gasteiger partial charge in [0.2, 0.25) is 0 Å². The number of piperidine rings is 1. The van der Waals surface area contributed by atoms with Crippen molar-refractivity contribution in [2.75, 3.05) is 18.0 Å². The number of aromatic nitrogens is 4. The van der Waals surface area contributed by atoms with Crippen LogP contribution in [0, 0.1) is 0 Å². The number of rotatable bonds is 2. The third kappa shape index (κ3) is 2.32. The summed E-state index contributed by atoms with van der Waals surface area (Å²) in [6, 6.07) is 6.40. The van der Waals surface area contributed by atoms with Crippen LogP contribution >= 0.6 is 0 Å². The smallest absolute Gasteiger partial charge is 0.139 e. The van der Waals surface area contributed by atoms with Gasteiger partial charge >= 0.3 is 0 Å². The van der Waals surface area contributed by atoms with Gasteiger partial charge in [-0.3, -0.25) is 4.68 Å². The molecule has 1 aliphatic heterocycles. The van der Waals surface area contributed by atoms with Crippen molar-refractivity contribution in [1.29, 1.82) is 0 Å². The van der Waals surface area contributed by atoms with E-state index < -0.39 is 0 Å². The van der Waals surface area contributed by atoms with Crippen molar-refractivity contribution in [3.63, 3.8) is 0 Å². The largest absolute Gasteiger partial charge is 0.356 e. The highest BCUT2D eigenvalue weighted by Crippen LogP contribution is 2.29. The predicted molar refractivity (Wildman–Crippen MR) is 87.8 cm³/mol. The molecule has 0 unspecified atom stereocenters. The lowest BCUT2D eigenvalue weighted by molar-refractivity contribution is 0.574. The van der Waals surface area contributed by atoms with Gasteiger partial charge in [-0.1, -0.05) is 6.07 Å². The van der Waals surface area contributed by atoms with E-state index in [4.69, 9.17) is 0 Å². The van der Waals surface area contributed by atoms with Gasteiger partial charge < -0.3 is 4.90 Å². The molecule has 0 atom stereocenters. The van der Waals surface area contributed by atoms with Crippen molar-refractivity contribution in [3.05, 3.63) is 36.9 Å². The number of aryl methyl sites for hydroxylation is 1. The molecule has 4 rings (SSSR count). The molecule has 1 fully saturated rings. The van der Waals surface area contributed by atoms with E-state index in [9.17, 15) is 0 Å². The molecule has 0 spiro atoms. The second kappa shape index (κ2) is 5.40. The number of hydrogen-bond donors (Lipinski definition) is 0. The van der Waals surface area contributed by atoms with Crippen LogP contribution in [0.15, 0.2) is 36.9 Å². The summed E-state index contributed by atoms with van der Waals surface area (Å²) in [6.45, 7) is 2.19. The summed E-state index contributed by atoms with van der Waals surface area (Å²) >= 11 is 0. The van der Waals surface area contributed by atoms with E-state index in [-0.39, 0.29) is 0 Å². The van der Waals surface area contributed by atoms with E-state index >= 15 is 0 Å². The first-order chi connectivity index (χ1) is 10.8. The summed E-state index contributed by atoms with van der Waals surface area (Å²) in [4.78, 5) is 11.4. The minimum absolute atomic E-state index is 0.997. The monoisotopic (exact) mass is 293 g/mol. The summed E-state index contributed by atoms with van der Waals surface area (Å²) in [5.74, 6) is 1.07. The van der Waals surface area contributed by atoms with Crippen LogP contribution in [-0.2, 0) is 7.05 Å². The van der Waals surface area contributed by atoms with Crippen LogP contribution in [-0.4, -0.2) is 32.8 Å². The maximum atomic E-state index is 4.54. The Bertz CT molecular complexity index is 802. The Kier molecular flexibility index (Phi) is 3.25. The van der Waals surface area contributed by atoms with Crippen LogP contribution < -0.4 is 4.90 Å². The number of anilines is 1. The number of fused-ring (bicyclic) bond motifs is 1. The van der Waals surface area contributed by atoms with Crippen molar-refractivity contribution in [2.45, 2.75) is 19.3 Å². The molecule has 0 amide bonds. The van der Waals surface area contributed by atoms with Crippen molar-refractivity contribution >= 4 is 16.7 Å². The molecule has 1 aromatic carbocycles. The molecule has 22 heavy (non-hydrogen) atoms. The van der Waals surface area contributed by atoms with Gasteiger partial charge in [-0.25, -0.2) is 9.97 Å². The Labute approximate surface area is 129 Å². The Morgan fingerprint density at radius 3 is 2.64 bits per heavy atom. The van der Waals surface area contributed by atoms with E-state index in [2.05, 4.69) is 38.2 Å². The van der Waals surface area contributed by atoms with E-state index in [1.54, 1.807) is 6.33 Å². The van der Waals surface area contributed by atoms with E-state index in [1.165, 1.54) is 19.3 Å². The summed E-state index contributed by atoms with van der Waals surface area (Å²) in [5, 5.41) is 5.38. The standard InChI is InChI=1S/C17H19N5/c1-21-11-14(10-20-21)13-5-6-15-16(9-13)18-12-19-17(15)22-7-3-2-4-8-22/h5-6,9-12H,2-4,7-8H2,1H3. The van der Waals surface area contributed by atoms with Crippen LogP contribution in [0.25, 0.3) is 22.0 Å². The van der Waals surface area contributed by atoms with Crippen LogP contribution in [0.3, 0.4) is 0 Å². The summed E-state index contributed by atoms with van der Waals surface area (Å²) in [7, 11) is 1.93. The maximum absolute atomic E-state index is 4.54. The Morgan fingerprint density at radius 2 is 1.86 bits per heavy atom. The third-order valence-corrected chi connectivity index (χ3v) is 4.31. The van der Waals surface area contributed by atoms with Gasteiger partial charge in [-0.05, 0) is 37.0 Å². The predicted octanol–water partition coefficient (Wildman–Crippen LogP) is 3.02. The van der Waals surface area contributed by atoms with Crippen molar-refractivity contribution in [1.82, 2.24) is 19.7 Å². The Morgan fingerprint density at radius 1 is 1.00 bits per heavy atom. The van der Waals surface area contributed by atoms with Gasteiger partial charge in [0, 0.05) is 37.3 Å². The molecule has 2 aromatic heterocycles. The molecule has 0 saturated carbocycles. The van der Waals surface area contributed by atoms with Crippen molar-refractivity contribution in [2.24, 2.45) is 7.05 Å². The molecule has 0 radical (unpaired) electrons. The molecule has 0 aliphatic carbocycles. The Hall–Kier alpha value is -2.43. The topological polar surface area (TPSA) is 46.8 Å². The first-order valence-corrected chi connectivity index (χ1v) is 7.80. The van der Waals surface area contributed by atoms with Gasteiger partial charge in [-0.15, -0.1) is 0 Å². The van der Waals surface area contributed by atoms with E-state index in [0.29, 0.717) is 0 Å². The normalized spacial score (nSPS) is 15.4. The maximum Gasteiger partial charge on any atom is 0.139 e. The minimum Gasteiger partial charge on any atom is -0.356 e. The number of hydrogen-bond acceptors (Lipinski definition) is 4. The fourth-order valence-corrected chi connectivity index (χ4v) is 3.15. The zero-order valence-electron chi connectivity index (χ0n) is 12.7. The lowest BCUT2D eigenvalue weighted by Crippen LogP contribution is -2.30. The third-order valence-electron chi connectivity index (χ3n) is 4.31. The molecule has 112 valence electrons. The highest BCUT2D eigenvalue weighted by atomic mass is 15.2. The number of nitrogens with zero attached hydrogens (tertiary/aromatic N) is 5. The summed E-state index contributed by atoms with van der Waals surface area (Å²) in [5.41, 5.74) is 3.25. The van der Waals surface area contributed by atoms with Gasteiger partial charge in [0.15, 0.2) is 0 Å². The fourth-order valence-electron chi connectivity index (χ4n) is 3.15. The average Bonchev–Trinajstić information content (AvgIpc) is 3.01. The highest BCUT2D eigenvalue weighted by molar-refractivity contribution is 5.92. The zero-order chi connectivity index (χ0) is 14.9. The quantitative estimate of drug-likeness (QED) is 0.728. The highest BCUT2D eigenvalue weighted by Gasteiger charge is 2.15. The summed E-state index contributed by atoms with van der Waals surface area (Å²) in [6.07, 6.45) is 9.41. The molecule has 3 heterocycles. The molecule has 0 bridgehead atoms. The molecule has 1 saturated heterocycles. The van der Waals surface area contributed by atoms with Crippen LogP contribution in [0.1, 0.15) is 19.3 Å². The first kappa shape index (κ1) is 13.2. The van der Waals surface area contributed by atoms with Crippen molar-refractivity contribution < 1.29 is 0 Å². The van der Waals surface area contributed by atoms with Gasteiger partial charge in [-0.2, -0.15) is 5.10 Å². The van der Waals surface area contributed by atoms with E-state index in [1.807, 2.05) is 24.1 Å². The Balaban J connectivity index is 1.78. The molecule has 1 aliphatic rings.